The fraction of sp³-hybridized carbons (Fsp3) is 0.185. The number of aryl methyl sites for hydroxylation is 3. The van der Waals surface area contributed by atoms with Gasteiger partial charge in [0, 0.05) is 35.1 Å². The molecule has 4 rings (SSSR count). The Morgan fingerprint density at radius 2 is 1.66 bits per heavy atom. The van der Waals surface area contributed by atoms with Gasteiger partial charge in [-0.2, -0.15) is 5.10 Å². The number of carbonyl (C=O) groups excluding carboxylic acids is 2. The van der Waals surface area contributed by atoms with E-state index in [2.05, 4.69) is 44.8 Å². The molecule has 0 spiro atoms. The molecule has 0 saturated heterocycles. The highest BCUT2D eigenvalue weighted by Gasteiger charge is 2.16. The van der Waals surface area contributed by atoms with Crippen LogP contribution in [-0.2, 0) is 11.3 Å². The Kier molecular flexibility index (Phi) is 6.64. The van der Waals surface area contributed by atoms with Crippen molar-refractivity contribution in [3.05, 3.63) is 99.2 Å². The van der Waals surface area contributed by atoms with Crippen molar-refractivity contribution in [2.45, 2.75) is 34.2 Å². The maximum absolute atomic E-state index is 12.8. The molecular formula is C27H27N5O3. The molecule has 2 heterocycles. The predicted octanol–water partition coefficient (Wildman–Crippen LogP) is 3.61. The average molecular weight is 470 g/mol. The van der Waals surface area contributed by atoms with Crippen molar-refractivity contribution in [2.24, 2.45) is 0 Å². The average Bonchev–Trinajstić information content (AvgIpc) is 3.15. The molecular weight excluding hydrogens is 442 g/mol. The van der Waals surface area contributed by atoms with E-state index in [9.17, 15) is 14.4 Å². The van der Waals surface area contributed by atoms with Crippen molar-refractivity contribution in [3.8, 4) is 5.69 Å². The van der Waals surface area contributed by atoms with E-state index < -0.39 is 11.8 Å². The van der Waals surface area contributed by atoms with Gasteiger partial charge in [0.2, 0.25) is 0 Å². The number of fused-ring (bicyclic) bond motifs is 1. The van der Waals surface area contributed by atoms with E-state index in [0.29, 0.717) is 17.3 Å². The van der Waals surface area contributed by atoms with E-state index in [0.717, 1.165) is 22.6 Å². The summed E-state index contributed by atoms with van der Waals surface area (Å²) < 4.78 is 3.35. The topological polar surface area (TPSA) is 98.0 Å². The van der Waals surface area contributed by atoms with Gasteiger partial charge in [-0.15, -0.1) is 0 Å². The highest BCUT2D eigenvalue weighted by atomic mass is 16.2. The zero-order valence-electron chi connectivity index (χ0n) is 20.1. The van der Waals surface area contributed by atoms with Gasteiger partial charge in [0.15, 0.2) is 5.69 Å². The first-order valence-corrected chi connectivity index (χ1v) is 11.3. The summed E-state index contributed by atoms with van der Waals surface area (Å²) in [6.07, 6.45) is 3.07. The number of aromatic nitrogens is 3. The van der Waals surface area contributed by atoms with Crippen molar-refractivity contribution < 1.29 is 9.59 Å². The number of nitrogens with zero attached hydrogens (tertiary/aromatic N) is 3. The quantitative estimate of drug-likeness (QED) is 0.345. The highest BCUT2D eigenvalue weighted by molar-refractivity contribution is 6.05. The number of hydrazine groups is 1. The van der Waals surface area contributed by atoms with E-state index in [1.54, 1.807) is 37.3 Å². The Hall–Kier alpha value is -4.46. The molecule has 8 heteroatoms. The largest absolute Gasteiger partial charge is 0.318 e. The molecule has 2 aromatic heterocycles. The van der Waals surface area contributed by atoms with Crippen LogP contribution in [0, 0.1) is 20.8 Å². The maximum atomic E-state index is 12.8. The van der Waals surface area contributed by atoms with Crippen LogP contribution in [0.25, 0.3) is 22.5 Å². The third-order valence-electron chi connectivity index (χ3n) is 5.86. The standard InChI is InChI=1S/C27H27N5O3/c1-5-31-27(35)23-9-7-6-8-22(23)25(30-31)26(34)29-28-24(33)15-12-20-16-18(3)32(19(20)4)21-13-10-17(2)11-14-21/h6-16H,5H2,1-4H3,(H,28,33)(H,29,34)/b15-12+. The molecule has 2 amide bonds. The first-order valence-electron chi connectivity index (χ1n) is 11.3. The first-order chi connectivity index (χ1) is 16.8. The molecule has 0 atom stereocenters. The van der Waals surface area contributed by atoms with Gasteiger partial charge in [-0.1, -0.05) is 35.9 Å². The fourth-order valence-electron chi connectivity index (χ4n) is 4.05. The lowest BCUT2D eigenvalue weighted by Crippen LogP contribution is -2.42. The molecule has 0 unspecified atom stereocenters. The van der Waals surface area contributed by atoms with Crippen molar-refractivity contribution in [1.82, 2.24) is 25.2 Å². The smallest absolute Gasteiger partial charge is 0.290 e. The summed E-state index contributed by atoms with van der Waals surface area (Å²) in [5.41, 5.74) is 9.74. The number of benzene rings is 2. The molecule has 0 radical (unpaired) electrons. The highest BCUT2D eigenvalue weighted by Crippen LogP contribution is 2.22. The zero-order chi connectivity index (χ0) is 25.1. The molecule has 178 valence electrons. The molecule has 0 fully saturated rings. The lowest BCUT2D eigenvalue weighted by molar-refractivity contribution is -0.117. The van der Waals surface area contributed by atoms with Crippen LogP contribution in [0.2, 0.25) is 0 Å². The van der Waals surface area contributed by atoms with Crippen molar-refractivity contribution in [1.29, 1.82) is 0 Å². The third kappa shape index (κ3) is 4.77. The molecule has 0 aliphatic heterocycles. The Labute approximate surface area is 202 Å². The van der Waals surface area contributed by atoms with Crippen molar-refractivity contribution in [2.75, 3.05) is 0 Å². The predicted molar refractivity (Wildman–Crippen MR) is 136 cm³/mol. The summed E-state index contributed by atoms with van der Waals surface area (Å²) in [4.78, 5) is 37.6. The Morgan fingerprint density at radius 1 is 0.971 bits per heavy atom. The van der Waals surface area contributed by atoms with Gasteiger partial charge in [-0.05, 0) is 63.6 Å². The Balaban J connectivity index is 1.49. The maximum Gasteiger partial charge on any atom is 0.290 e. The Morgan fingerprint density at radius 3 is 2.34 bits per heavy atom. The number of hydrogen-bond acceptors (Lipinski definition) is 4. The number of carbonyl (C=O) groups is 2. The molecule has 8 nitrogen and oxygen atoms in total. The Bertz CT molecular complexity index is 1510. The van der Waals surface area contributed by atoms with Crippen LogP contribution in [0.5, 0.6) is 0 Å². The minimum atomic E-state index is -0.609. The second-order valence-electron chi connectivity index (χ2n) is 8.29. The van der Waals surface area contributed by atoms with Gasteiger partial charge in [-0.25, -0.2) is 4.68 Å². The van der Waals surface area contributed by atoms with E-state index in [-0.39, 0.29) is 11.3 Å². The molecule has 4 aromatic rings. The van der Waals surface area contributed by atoms with Gasteiger partial charge in [0.1, 0.15) is 0 Å². The van der Waals surface area contributed by atoms with E-state index >= 15 is 0 Å². The molecule has 0 aliphatic rings. The second-order valence-corrected chi connectivity index (χ2v) is 8.29. The molecule has 35 heavy (non-hydrogen) atoms. The van der Waals surface area contributed by atoms with Crippen LogP contribution in [0.15, 0.2) is 65.5 Å². The number of rotatable bonds is 5. The van der Waals surface area contributed by atoms with Crippen molar-refractivity contribution >= 4 is 28.7 Å². The summed E-state index contributed by atoms with van der Waals surface area (Å²) >= 11 is 0. The van der Waals surface area contributed by atoms with Gasteiger partial charge in [0.25, 0.3) is 17.4 Å². The molecule has 2 N–H and O–H groups in total. The van der Waals surface area contributed by atoms with Crippen LogP contribution in [0.4, 0.5) is 0 Å². The SMILES string of the molecule is CCn1nc(C(=O)NNC(=O)/C=C/c2cc(C)n(-c3ccc(C)cc3)c2C)c2ccccc2c1=O. The number of amides is 2. The summed E-state index contributed by atoms with van der Waals surface area (Å²) in [5, 5.41) is 4.99. The van der Waals surface area contributed by atoms with E-state index in [1.807, 2.05) is 26.8 Å². The lowest BCUT2D eigenvalue weighted by Gasteiger charge is -2.10. The molecule has 0 saturated carbocycles. The van der Waals surface area contributed by atoms with Crippen LogP contribution in [0.3, 0.4) is 0 Å². The first kappa shape index (κ1) is 23.7. The summed E-state index contributed by atoms with van der Waals surface area (Å²) in [6, 6.07) is 17.0. The van der Waals surface area contributed by atoms with Gasteiger partial charge >= 0.3 is 0 Å². The second kappa shape index (κ2) is 9.80. The normalized spacial score (nSPS) is 11.2. The number of hydrogen-bond donors (Lipinski definition) is 2. The minimum absolute atomic E-state index is 0.0629. The summed E-state index contributed by atoms with van der Waals surface area (Å²) in [5.74, 6) is -1.10. The van der Waals surface area contributed by atoms with Crippen molar-refractivity contribution in [3.63, 3.8) is 0 Å². The molecule has 2 aromatic carbocycles. The minimum Gasteiger partial charge on any atom is -0.318 e. The van der Waals surface area contributed by atoms with E-state index in [4.69, 9.17) is 0 Å². The van der Waals surface area contributed by atoms with Crippen LogP contribution in [0.1, 0.15) is 39.9 Å². The molecule has 0 aliphatic carbocycles. The zero-order valence-corrected chi connectivity index (χ0v) is 20.1. The van der Waals surface area contributed by atoms with Crippen LogP contribution >= 0.6 is 0 Å². The van der Waals surface area contributed by atoms with Gasteiger partial charge in [0.05, 0.1) is 5.39 Å². The molecule has 0 bridgehead atoms. The van der Waals surface area contributed by atoms with Crippen LogP contribution in [-0.4, -0.2) is 26.2 Å². The van der Waals surface area contributed by atoms with Gasteiger partial charge < -0.3 is 4.57 Å². The fourth-order valence-corrected chi connectivity index (χ4v) is 4.05. The van der Waals surface area contributed by atoms with E-state index in [1.165, 1.54) is 16.3 Å². The monoisotopic (exact) mass is 469 g/mol. The summed E-state index contributed by atoms with van der Waals surface area (Å²) in [6.45, 7) is 8.14. The lowest BCUT2D eigenvalue weighted by atomic mass is 10.1. The number of nitrogens with one attached hydrogen (secondary N) is 2. The third-order valence-corrected chi connectivity index (χ3v) is 5.86. The van der Waals surface area contributed by atoms with Crippen LogP contribution < -0.4 is 16.4 Å². The van der Waals surface area contributed by atoms with Gasteiger partial charge in [-0.3, -0.25) is 25.2 Å². The summed E-state index contributed by atoms with van der Waals surface area (Å²) in [7, 11) is 0.